The number of aromatic nitrogens is 4. The van der Waals surface area contributed by atoms with Gasteiger partial charge in [-0.25, -0.2) is 9.97 Å². The van der Waals surface area contributed by atoms with Crippen LogP contribution < -0.4 is 5.32 Å². The summed E-state index contributed by atoms with van der Waals surface area (Å²) in [5.74, 6) is 1.32. The third kappa shape index (κ3) is 2.81. The number of aliphatic hydroxyl groups is 1. The summed E-state index contributed by atoms with van der Waals surface area (Å²) >= 11 is 0. The standard InChI is InChI=1S/C15H21N5O2/c1-14(2)4-6-15(21,7-5-14)13-19-12(20-22-13)10-8-11(16-3)18-9-17-10/h8-9,21H,4-7H2,1-3H3,(H,16,17,18). The van der Waals surface area contributed by atoms with Gasteiger partial charge in [-0.05, 0) is 31.1 Å². The van der Waals surface area contributed by atoms with E-state index in [2.05, 4.69) is 39.3 Å². The van der Waals surface area contributed by atoms with E-state index in [1.54, 1.807) is 13.1 Å². The molecule has 0 aromatic carbocycles. The summed E-state index contributed by atoms with van der Waals surface area (Å²) in [5, 5.41) is 17.7. The average Bonchev–Trinajstić information content (AvgIpc) is 3.01. The van der Waals surface area contributed by atoms with E-state index < -0.39 is 5.60 Å². The van der Waals surface area contributed by atoms with E-state index in [4.69, 9.17) is 4.52 Å². The lowest BCUT2D eigenvalue weighted by Crippen LogP contribution is -2.34. The molecule has 0 amide bonds. The van der Waals surface area contributed by atoms with Crippen LogP contribution in [-0.2, 0) is 5.60 Å². The smallest absolute Gasteiger partial charge is 0.258 e. The highest BCUT2D eigenvalue weighted by atomic mass is 16.5. The van der Waals surface area contributed by atoms with Gasteiger partial charge in [-0.2, -0.15) is 4.98 Å². The Morgan fingerprint density at radius 1 is 1.18 bits per heavy atom. The topological polar surface area (TPSA) is 97.0 Å². The Labute approximate surface area is 129 Å². The normalized spacial score (nSPS) is 19.8. The quantitative estimate of drug-likeness (QED) is 0.898. The molecule has 7 heteroatoms. The third-order valence-corrected chi connectivity index (χ3v) is 4.41. The van der Waals surface area contributed by atoms with Crippen LogP contribution in [-0.4, -0.2) is 32.3 Å². The fraction of sp³-hybridized carbons (Fsp3) is 0.600. The fourth-order valence-electron chi connectivity index (χ4n) is 2.69. The van der Waals surface area contributed by atoms with E-state index in [1.165, 1.54) is 6.33 Å². The van der Waals surface area contributed by atoms with Gasteiger partial charge in [-0.3, -0.25) is 0 Å². The molecule has 0 aliphatic heterocycles. The van der Waals surface area contributed by atoms with Crippen molar-refractivity contribution in [3.05, 3.63) is 18.3 Å². The predicted octanol–water partition coefficient (Wildman–Crippen LogP) is 2.36. The first-order valence-corrected chi connectivity index (χ1v) is 7.49. The van der Waals surface area contributed by atoms with E-state index in [1.807, 2.05) is 0 Å². The Balaban J connectivity index is 1.84. The Bertz CT molecular complexity index is 657. The van der Waals surface area contributed by atoms with Crippen LogP contribution in [0.4, 0.5) is 5.82 Å². The van der Waals surface area contributed by atoms with Crippen molar-refractivity contribution in [2.24, 2.45) is 5.41 Å². The number of rotatable bonds is 3. The molecule has 1 fully saturated rings. The first-order valence-electron chi connectivity index (χ1n) is 7.49. The number of nitrogens with one attached hydrogen (secondary N) is 1. The second-order valence-corrected chi connectivity index (χ2v) is 6.66. The number of hydrogen-bond donors (Lipinski definition) is 2. The fourth-order valence-corrected chi connectivity index (χ4v) is 2.69. The third-order valence-electron chi connectivity index (χ3n) is 4.41. The van der Waals surface area contributed by atoms with Crippen LogP contribution in [0.2, 0.25) is 0 Å². The van der Waals surface area contributed by atoms with Crippen LogP contribution in [0.1, 0.15) is 45.4 Å². The summed E-state index contributed by atoms with van der Waals surface area (Å²) in [6, 6.07) is 1.74. The minimum atomic E-state index is -1.03. The van der Waals surface area contributed by atoms with Gasteiger partial charge in [0.15, 0.2) is 0 Å². The minimum Gasteiger partial charge on any atom is -0.380 e. The van der Waals surface area contributed by atoms with Crippen molar-refractivity contribution in [1.29, 1.82) is 0 Å². The average molecular weight is 303 g/mol. The van der Waals surface area contributed by atoms with Crippen molar-refractivity contribution in [3.8, 4) is 11.5 Å². The van der Waals surface area contributed by atoms with Gasteiger partial charge < -0.3 is 14.9 Å². The number of nitrogens with zero attached hydrogens (tertiary/aromatic N) is 4. The van der Waals surface area contributed by atoms with Crippen LogP contribution in [0.5, 0.6) is 0 Å². The molecule has 2 heterocycles. The molecule has 0 radical (unpaired) electrons. The molecule has 2 aromatic rings. The summed E-state index contributed by atoms with van der Waals surface area (Å²) in [6.07, 6.45) is 4.56. The van der Waals surface area contributed by atoms with Gasteiger partial charge in [0.05, 0.1) is 0 Å². The Morgan fingerprint density at radius 3 is 2.59 bits per heavy atom. The van der Waals surface area contributed by atoms with E-state index in [0.29, 0.717) is 30.2 Å². The molecular formula is C15H21N5O2. The first kappa shape index (κ1) is 14.9. The highest BCUT2D eigenvalue weighted by Gasteiger charge is 2.42. The maximum atomic E-state index is 10.8. The SMILES string of the molecule is CNc1cc(-c2noc(C3(O)CCC(C)(C)CC3)n2)ncn1. The monoisotopic (exact) mass is 303 g/mol. The van der Waals surface area contributed by atoms with Gasteiger partial charge in [0.2, 0.25) is 5.82 Å². The van der Waals surface area contributed by atoms with Crippen LogP contribution >= 0.6 is 0 Å². The lowest BCUT2D eigenvalue weighted by Gasteiger charge is -2.37. The lowest BCUT2D eigenvalue weighted by molar-refractivity contribution is -0.0539. The van der Waals surface area contributed by atoms with E-state index in [0.717, 1.165) is 12.8 Å². The Kier molecular flexibility index (Phi) is 3.60. The molecule has 2 N–H and O–H groups in total. The van der Waals surface area contributed by atoms with Gasteiger partial charge in [-0.15, -0.1) is 0 Å². The molecule has 7 nitrogen and oxygen atoms in total. The molecule has 1 aliphatic carbocycles. The second kappa shape index (κ2) is 5.31. The molecule has 0 spiro atoms. The van der Waals surface area contributed by atoms with Gasteiger partial charge in [0.1, 0.15) is 23.4 Å². The van der Waals surface area contributed by atoms with E-state index in [-0.39, 0.29) is 11.3 Å². The van der Waals surface area contributed by atoms with Crippen molar-refractivity contribution in [2.45, 2.75) is 45.1 Å². The molecule has 1 saturated carbocycles. The van der Waals surface area contributed by atoms with Crippen LogP contribution in [0.15, 0.2) is 16.9 Å². The van der Waals surface area contributed by atoms with Gasteiger partial charge in [0.25, 0.3) is 5.89 Å². The zero-order valence-corrected chi connectivity index (χ0v) is 13.1. The zero-order chi connectivity index (χ0) is 15.8. The first-order chi connectivity index (χ1) is 10.4. The molecule has 22 heavy (non-hydrogen) atoms. The molecule has 0 atom stereocenters. The van der Waals surface area contributed by atoms with Gasteiger partial charge in [-0.1, -0.05) is 19.0 Å². The summed E-state index contributed by atoms with van der Waals surface area (Å²) < 4.78 is 5.31. The summed E-state index contributed by atoms with van der Waals surface area (Å²) in [5.41, 5.74) is -0.211. The van der Waals surface area contributed by atoms with Crippen molar-refractivity contribution in [2.75, 3.05) is 12.4 Å². The molecule has 3 rings (SSSR count). The molecule has 0 bridgehead atoms. The van der Waals surface area contributed by atoms with Crippen LogP contribution in [0.3, 0.4) is 0 Å². The molecule has 1 aliphatic rings. The van der Waals surface area contributed by atoms with Crippen LogP contribution in [0.25, 0.3) is 11.5 Å². The van der Waals surface area contributed by atoms with Crippen molar-refractivity contribution < 1.29 is 9.63 Å². The van der Waals surface area contributed by atoms with Crippen molar-refractivity contribution in [1.82, 2.24) is 20.1 Å². The maximum absolute atomic E-state index is 10.8. The highest BCUT2D eigenvalue weighted by Crippen LogP contribution is 2.44. The maximum Gasteiger partial charge on any atom is 0.258 e. The van der Waals surface area contributed by atoms with Gasteiger partial charge >= 0.3 is 0 Å². The number of hydrogen-bond acceptors (Lipinski definition) is 7. The molecular weight excluding hydrogens is 282 g/mol. The molecule has 2 aromatic heterocycles. The zero-order valence-electron chi connectivity index (χ0n) is 13.1. The Hall–Kier alpha value is -2.02. The minimum absolute atomic E-state index is 0.253. The largest absolute Gasteiger partial charge is 0.380 e. The second-order valence-electron chi connectivity index (χ2n) is 6.66. The Morgan fingerprint density at radius 2 is 1.91 bits per heavy atom. The highest BCUT2D eigenvalue weighted by molar-refractivity contribution is 5.53. The molecule has 0 unspecified atom stereocenters. The van der Waals surface area contributed by atoms with E-state index in [9.17, 15) is 5.11 Å². The lowest BCUT2D eigenvalue weighted by atomic mass is 9.71. The van der Waals surface area contributed by atoms with Crippen molar-refractivity contribution >= 4 is 5.82 Å². The van der Waals surface area contributed by atoms with Crippen molar-refractivity contribution in [3.63, 3.8) is 0 Å². The molecule has 0 saturated heterocycles. The molecule has 118 valence electrons. The van der Waals surface area contributed by atoms with E-state index >= 15 is 0 Å². The summed E-state index contributed by atoms with van der Waals surface area (Å²) in [4.78, 5) is 12.5. The summed E-state index contributed by atoms with van der Waals surface area (Å²) in [7, 11) is 1.78. The predicted molar refractivity (Wildman–Crippen MR) is 81.0 cm³/mol. The number of anilines is 1. The summed E-state index contributed by atoms with van der Waals surface area (Å²) in [6.45, 7) is 4.43. The van der Waals surface area contributed by atoms with Crippen LogP contribution in [0, 0.1) is 5.41 Å². The van der Waals surface area contributed by atoms with Gasteiger partial charge in [0, 0.05) is 13.1 Å².